The van der Waals surface area contributed by atoms with Gasteiger partial charge in [-0.2, -0.15) is 11.3 Å². The summed E-state index contributed by atoms with van der Waals surface area (Å²) < 4.78 is 0. The predicted octanol–water partition coefficient (Wildman–Crippen LogP) is 1.56. The van der Waals surface area contributed by atoms with E-state index >= 15 is 0 Å². The first kappa shape index (κ1) is 5.31. The average molecular weight is 127 g/mol. The van der Waals surface area contributed by atoms with Crippen LogP contribution in [0.15, 0.2) is 22.0 Å². The molecule has 42 valence electrons. The second-order valence-electron chi connectivity index (χ2n) is 1.30. The monoisotopic (exact) mass is 127 g/mol. The zero-order valence-electron chi connectivity index (χ0n) is 4.11. The van der Waals surface area contributed by atoms with Crippen molar-refractivity contribution in [3.05, 3.63) is 22.4 Å². The van der Waals surface area contributed by atoms with Gasteiger partial charge >= 0.3 is 0 Å². The summed E-state index contributed by atoms with van der Waals surface area (Å²) in [6.07, 6.45) is 1.40. The summed E-state index contributed by atoms with van der Waals surface area (Å²) in [6, 6.07) is 1.88. The molecule has 0 atom stereocenters. The maximum atomic E-state index is 8.01. The van der Waals surface area contributed by atoms with Crippen molar-refractivity contribution < 1.29 is 5.21 Å². The smallest absolute Gasteiger partial charge is 0.0742 e. The van der Waals surface area contributed by atoms with E-state index in [1.165, 1.54) is 6.21 Å². The number of nitrogens with zero attached hydrogens (tertiary/aromatic N) is 1. The fourth-order valence-corrected chi connectivity index (χ4v) is 1.03. The Morgan fingerprint density at radius 2 is 2.62 bits per heavy atom. The summed E-state index contributed by atoms with van der Waals surface area (Å²) in [4.78, 5) is 0. The van der Waals surface area contributed by atoms with Gasteiger partial charge in [-0.15, -0.1) is 0 Å². The zero-order valence-corrected chi connectivity index (χ0v) is 4.93. The van der Waals surface area contributed by atoms with Gasteiger partial charge in [0, 0.05) is 5.56 Å². The Bertz CT molecular complexity index is 169. The van der Waals surface area contributed by atoms with Gasteiger partial charge in [-0.3, -0.25) is 0 Å². The highest BCUT2D eigenvalue weighted by molar-refractivity contribution is 7.08. The number of hydrogen-bond donors (Lipinski definition) is 1. The topological polar surface area (TPSA) is 32.6 Å². The predicted molar refractivity (Wildman–Crippen MR) is 33.7 cm³/mol. The SMILES string of the molecule is O/N=C/c1ccsc1. The van der Waals surface area contributed by atoms with Crippen molar-refractivity contribution in [2.45, 2.75) is 0 Å². The number of hydrogen-bond acceptors (Lipinski definition) is 3. The van der Waals surface area contributed by atoms with Crippen LogP contribution in [0.2, 0.25) is 0 Å². The van der Waals surface area contributed by atoms with E-state index in [0.717, 1.165) is 5.56 Å². The minimum absolute atomic E-state index is 0.942. The van der Waals surface area contributed by atoms with Crippen LogP contribution < -0.4 is 0 Å². The highest BCUT2D eigenvalue weighted by Crippen LogP contribution is 2.01. The molecule has 1 aromatic rings. The molecule has 0 fully saturated rings. The third kappa shape index (κ3) is 1.07. The molecule has 0 aliphatic heterocycles. The minimum Gasteiger partial charge on any atom is -0.411 e. The lowest BCUT2D eigenvalue weighted by Crippen LogP contribution is -1.70. The van der Waals surface area contributed by atoms with Gasteiger partial charge in [-0.05, 0) is 16.8 Å². The molecule has 0 spiro atoms. The van der Waals surface area contributed by atoms with Crippen LogP contribution in [0, 0.1) is 0 Å². The number of rotatable bonds is 1. The molecule has 0 unspecified atom stereocenters. The van der Waals surface area contributed by atoms with Gasteiger partial charge in [0.05, 0.1) is 6.21 Å². The van der Waals surface area contributed by atoms with Gasteiger partial charge in [0.1, 0.15) is 0 Å². The number of thiophene rings is 1. The fourth-order valence-electron chi connectivity index (χ4n) is 0.415. The van der Waals surface area contributed by atoms with Gasteiger partial charge < -0.3 is 5.21 Å². The quantitative estimate of drug-likeness (QED) is 0.346. The van der Waals surface area contributed by atoms with E-state index in [9.17, 15) is 0 Å². The highest BCUT2D eigenvalue weighted by atomic mass is 32.1. The maximum Gasteiger partial charge on any atom is 0.0742 e. The molecule has 8 heavy (non-hydrogen) atoms. The van der Waals surface area contributed by atoms with E-state index in [2.05, 4.69) is 5.16 Å². The normalized spacial score (nSPS) is 10.5. The van der Waals surface area contributed by atoms with Crippen LogP contribution in [-0.4, -0.2) is 11.4 Å². The second-order valence-corrected chi connectivity index (χ2v) is 2.08. The van der Waals surface area contributed by atoms with Gasteiger partial charge in [0.15, 0.2) is 0 Å². The van der Waals surface area contributed by atoms with E-state index < -0.39 is 0 Å². The van der Waals surface area contributed by atoms with E-state index in [1.54, 1.807) is 11.3 Å². The summed E-state index contributed by atoms with van der Waals surface area (Å²) >= 11 is 1.58. The lowest BCUT2D eigenvalue weighted by atomic mass is 10.4. The molecule has 1 aromatic heterocycles. The molecule has 1 heterocycles. The van der Waals surface area contributed by atoms with E-state index in [0.29, 0.717) is 0 Å². The first-order valence-electron chi connectivity index (χ1n) is 2.13. The lowest BCUT2D eigenvalue weighted by molar-refractivity contribution is 0.322. The van der Waals surface area contributed by atoms with Crippen LogP contribution in [0.5, 0.6) is 0 Å². The number of oxime groups is 1. The summed E-state index contributed by atoms with van der Waals surface area (Å²) in [5, 5.41) is 14.7. The summed E-state index contributed by atoms with van der Waals surface area (Å²) in [6.45, 7) is 0. The molecule has 0 saturated heterocycles. The Hall–Kier alpha value is -0.830. The van der Waals surface area contributed by atoms with Crippen LogP contribution in [0.3, 0.4) is 0 Å². The Labute approximate surface area is 51.1 Å². The minimum atomic E-state index is 0.942. The molecule has 0 radical (unpaired) electrons. The van der Waals surface area contributed by atoms with Crippen LogP contribution in [-0.2, 0) is 0 Å². The first-order valence-corrected chi connectivity index (χ1v) is 3.07. The molecular formula is C5H5NOS. The maximum absolute atomic E-state index is 8.01. The Morgan fingerprint density at radius 3 is 3.12 bits per heavy atom. The standard InChI is InChI=1S/C5H5NOS/c7-6-3-5-1-2-8-4-5/h1-4,7H/b6-3+. The van der Waals surface area contributed by atoms with Gasteiger partial charge in [0.25, 0.3) is 0 Å². The van der Waals surface area contributed by atoms with E-state index in [1.807, 2.05) is 16.8 Å². The molecule has 0 amide bonds. The molecule has 0 aromatic carbocycles. The Morgan fingerprint density at radius 1 is 1.75 bits per heavy atom. The molecule has 1 rings (SSSR count). The zero-order chi connectivity index (χ0) is 5.82. The molecule has 1 N–H and O–H groups in total. The van der Waals surface area contributed by atoms with Crippen molar-refractivity contribution in [3.8, 4) is 0 Å². The van der Waals surface area contributed by atoms with E-state index in [4.69, 9.17) is 5.21 Å². The molecular weight excluding hydrogens is 122 g/mol. The molecule has 0 saturated carbocycles. The summed E-state index contributed by atoms with van der Waals surface area (Å²) in [7, 11) is 0. The highest BCUT2D eigenvalue weighted by Gasteiger charge is 1.82. The van der Waals surface area contributed by atoms with Crippen molar-refractivity contribution in [2.24, 2.45) is 5.16 Å². The van der Waals surface area contributed by atoms with Crippen molar-refractivity contribution in [2.75, 3.05) is 0 Å². The van der Waals surface area contributed by atoms with Crippen LogP contribution in [0.25, 0.3) is 0 Å². The third-order valence-corrected chi connectivity index (χ3v) is 1.45. The first-order chi connectivity index (χ1) is 3.93. The van der Waals surface area contributed by atoms with Crippen molar-refractivity contribution in [1.82, 2.24) is 0 Å². The van der Waals surface area contributed by atoms with Crippen molar-refractivity contribution in [3.63, 3.8) is 0 Å². The molecule has 2 nitrogen and oxygen atoms in total. The lowest BCUT2D eigenvalue weighted by Gasteiger charge is -1.73. The Kier molecular flexibility index (Phi) is 1.64. The summed E-state index contributed by atoms with van der Waals surface area (Å²) in [5.41, 5.74) is 0.942. The van der Waals surface area contributed by atoms with Crippen molar-refractivity contribution >= 4 is 17.6 Å². The molecule has 0 aliphatic carbocycles. The molecule has 3 heteroatoms. The van der Waals surface area contributed by atoms with Gasteiger partial charge in [-0.1, -0.05) is 5.16 Å². The van der Waals surface area contributed by atoms with Gasteiger partial charge in [-0.25, -0.2) is 0 Å². The Balaban J connectivity index is 2.77. The third-order valence-electron chi connectivity index (χ3n) is 0.750. The average Bonchev–Trinajstić information content (AvgIpc) is 2.19. The fraction of sp³-hybridized carbons (Fsp3) is 0. The summed E-state index contributed by atoms with van der Waals surface area (Å²) in [5.74, 6) is 0. The largest absolute Gasteiger partial charge is 0.411 e. The van der Waals surface area contributed by atoms with Crippen LogP contribution in [0.1, 0.15) is 5.56 Å². The van der Waals surface area contributed by atoms with Crippen molar-refractivity contribution in [1.29, 1.82) is 0 Å². The molecule has 0 bridgehead atoms. The van der Waals surface area contributed by atoms with Crippen LogP contribution >= 0.6 is 11.3 Å². The van der Waals surface area contributed by atoms with Gasteiger partial charge in [0.2, 0.25) is 0 Å². The van der Waals surface area contributed by atoms with Crippen LogP contribution in [0.4, 0.5) is 0 Å². The second kappa shape index (κ2) is 2.47. The van der Waals surface area contributed by atoms with E-state index in [-0.39, 0.29) is 0 Å². The molecule has 0 aliphatic rings.